The zero-order valence-corrected chi connectivity index (χ0v) is 37.0. The number of carboxylic acid groups (broad SMARTS) is 1. The molecule has 0 aliphatic carbocycles. The SMILES string of the molecule is CCSC(=O)SC(C)(C#N)CCC(=O)CCCOCCOCCOCCOCCOCCOCCOCCOCCOCCOCCOCCOCCOCCC(=O)O. The van der Waals surface area contributed by atoms with Gasteiger partial charge in [-0.1, -0.05) is 30.4 Å². The van der Waals surface area contributed by atoms with Crippen molar-refractivity contribution < 1.29 is 81.1 Å². The minimum Gasteiger partial charge on any atom is -0.481 e. The molecule has 0 rings (SSSR count). The van der Waals surface area contributed by atoms with Crippen LogP contribution in [-0.2, 0) is 71.2 Å². The van der Waals surface area contributed by atoms with Gasteiger partial charge >= 0.3 is 5.97 Å². The highest BCUT2D eigenvalue weighted by Crippen LogP contribution is 2.34. The number of carbonyl (C=O) groups excluding carboxylic acids is 2. The molecule has 0 saturated heterocycles. The molecule has 1 unspecified atom stereocenters. The summed E-state index contributed by atoms with van der Waals surface area (Å²) in [5, 5.41) is 17.9. The Morgan fingerprint density at radius 1 is 0.475 bits per heavy atom. The van der Waals surface area contributed by atoms with E-state index in [2.05, 4.69) is 6.07 Å². The summed E-state index contributed by atoms with van der Waals surface area (Å²) >= 11 is 2.18. The third-order valence-electron chi connectivity index (χ3n) is 7.36. The summed E-state index contributed by atoms with van der Waals surface area (Å²) in [5.74, 6) is -0.154. The van der Waals surface area contributed by atoms with E-state index in [1.807, 2.05) is 6.92 Å². The molecule has 0 aromatic carbocycles. The number of carbonyl (C=O) groups is 3. The summed E-state index contributed by atoms with van der Waals surface area (Å²) in [4.78, 5) is 34.4. The van der Waals surface area contributed by atoms with Crippen molar-refractivity contribution in [3.63, 3.8) is 0 Å². The molecule has 0 heterocycles. The van der Waals surface area contributed by atoms with Crippen LogP contribution in [0.15, 0.2) is 0 Å². The van der Waals surface area contributed by atoms with E-state index in [1.165, 1.54) is 11.8 Å². The number of nitrogens with zero attached hydrogens (tertiary/aromatic N) is 1. The van der Waals surface area contributed by atoms with Gasteiger partial charge in [0.15, 0.2) is 0 Å². The third kappa shape index (κ3) is 45.8. The Hall–Kier alpha value is -1.52. The van der Waals surface area contributed by atoms with Crippen LogP contribution in [0.25, 0.3) is 0 Å². The number of rotatable bonds is 48. The Labute approximate surface area is 359 Å². The average molecular weight is 890 g/mol. The molecule has 0 radical (unpaired) electrons. The molecule has 1 atom stereocenters. The van der Waals surface area contributed by atoms with Crippen LogP contribution in [0.3, 0.4) is 0 Å². The summed E-state index contributed by atoms with van der Waals surface area (Å²) in [6, 6.07) is 2.17. The van der Waals surface area contributed by atoms with Crippen molar-refractivity contribution in [3.8, 4) is 6.07 Å². The molecule has 1 N–H and O–H groups in total. The first-order valence-electron chi connectivity index (χ1n) is 20.3. The van der Waals surface area contributed by atoms with Gasteiger partial charge in [0.2, 0.25) is 4.45 Å². The van der Waals surface area contributed by atoms with Crippen molar-refractivity contribution in [1.82, 2.24) is 0 Å². The third-order valence-corrected chi connectivity index (χ3v) is 9.40. The molecule has 20 heteroatoms. The molecule has 0 bridgehead atoms. The number of nitriles is 1. The maximum absolute atomic E-state index is 12.2. The second kappa shape index (κ2) is 46.0. The smallest absolute Gasteiger partial charge is 0.305 e. The zero-order chi connectivity index (χ0) is 43.2. The second-order valence-electron chi connectivity index (χ2n) is 12.4. The lowest BCUT2D eigenvalue weighted by atomic mass is 10.0. The van der Waals surface area contributed by atoms with Gasteiger partial charge in [-0.15, -0.1) is 0 Å². The van der Waals surface area contributed by atoms with Gasteiger partial charge in [-0.2, -0.15) is 5.26 Å². The molecule has 0 saturated carbocycles. The van der Waals surface area contributed by atoms with Crippen LogP contribution in [0.4, 0.5) is 4.79 Å². The number of carboxylic acids is 1. The first-order chi connectivity index (χ1) is 28.8. The number of aliphatic carboxylic acids is 1. The molecule has 0 fully saturated rings. The minimum absolute atomic E-state index is 0.0102. The number of hydrogen-bond donors (Lipinski definition) is 1. The van der Waals surface area contributed by atoms with Gasteiger partial charge in [0.05, 0.1) is 178 Å². The van der Waals surface area contributed by atoms with Gasteiger partial charge in [0.25, 0.3) is 0 Å². The Morgan fingerprint density at radius 2 is 0.763 bits per heavy atom. The van der Waals surface area contributed by atoms with Crippen LogP contribution in [0.5, 0.6) is 0 Å². The summed E-state index contributed by atoms with van der Waals surface area (Å²) in [7, 11) is 0. The van der Waals surface area contributed by atoms with Gasteiger partial charge in [0, 0.05) is 19.4 Å². The summed E-state index contributed by atoms with van der Waals surface area (Å²) in [6.07, 6.45) is 1.60. The normalized spacial score (nSPS) is 12.4. The molecule has 0 aliphatic heterocycles. The van der Waals surface area contributed by atoms with Gasteiger partial charge in [0.1, 0.15) is 10.5 Å². The molecule has 346 valence electrons. The fraction of sp³-hybridized carbons (Fsp3) is 0.897. The van der Waals surface area contributed by atoms with Crippen molar-refractivity contribution >= 4 is 39.7 Å². The molecule has 59 heavy (non-hydrogen) atoms. The number of ether oxygens (including phenoxy) is 13. The topological polar surface area (TPSA) is 215 Å². The molecular formula is C39H71NO17S2. The lowest BCUT2D eigenvalue weighted by molar-refractivity contribution is -0.138. The maximum Gasteiger partial charge on any atom is 0.305 e. The van der Waals surface area contributed by atoms with E-state index in [-0.39, 0.29) is 29.7 Å². The lowest BCUT2D eigenvalue weighted by Crippen LogP contribution is -2.20. The minimum atomic E-state index is -0.884. The van der Waals surface area contributed by atoms with Crippen LogP contribution in [0, 0.1) is 11.3 Å². The zero-order valence-electron chi connectivity index (χ0n) is 35.4. The van der Waals surface area contributed by atoms with Crippen LogP contribution >= 0.6 is 23.5 Å². The fourth-order valence-electron chi connectivity index (χ4n) is 4.24. The number of hydrogen-bond acceptors (Lipinski definition) is 19. The Balaban J connectivity index is 3.21. The number of ketones is 1. The van der Waals surface area contributed by atoms with Crippen molar-refractivity contribution in [2.75, 3.05) is 178 Å². The quantitative estimate of drug-likeness (QED) is 0.0862. The van der Waals surface area contributed by atoms with E-state index < -0.39 is 10.7 Å². The molecule has 0 aromatic rings. The molecular weight excluding hydrogens is 819 g/mol. The summed E-state index contributed by atoms with van der Waals surface area (Å²) in [6.45, 7) is 15.2. The van der Waals surface area contributed by atoms with E-state index in [0.717, 1.165) is 11.8 Å². The average Bonchev–Trinajstić information content (AvgIpc) is 3.22. The summed E-state index contributed by atoms with van der Waals surface area (Å²) < 4.78 is 69.7. The van der Waals surface area contributed by atoms with Crippen LogP contribution in [-0.4, -0.2) is 204 Å². The van der Waals surface area contributed by atoms with E-state index in [1.54, 1.807) is 6.92 Å². The van der Waals surface area contributed by atoms with Gasteiger partial charge in [-0.3, -0.25) is 14.4 Å². The first kappa shape index (κ1) is 57.5. The van der Waals surface area contributed by atoms with Crippen molar-refractivity contribution in [2.24, 2.45) is 0 Å². The largest absolute Gasteiger partial charge is 0.481 e. The van der Waals surface area contributed by atoms with E-state index in [0.29, 0.717) is 190 Å². The molecule has 0 aliphatic rings. The Kier molecular flexibility index (Phi) is 44.8. The van der Waals surface area contributed by atoms with Gasteiger partial charge in [-0.25, -0.2) is 0 Å². The highest BCUT2D eigenvalue weighted by molar-refractivity contribution is 8.39. The van der Waals surface area contributed by atoms with E-state index in [4.69, 9.17) is 66.7 Å². The fourth-order valence-corrected chi connectivity index (χ4v) is 6.23. The lowest BCUT2D eigenvalue weighted by Gasteiger charge is -2.18. The Bertz CT molecular complexity index is 1010. The standard InChI is InChI=1S/C39H71NO17S2/c1-3-58-38(44)59-39(2,35-40)8-6-36(41)5-4-9-45-11-13-47-15-17-49-19-21-51-23-25-53-27-29-55-31-33-57-34-32-56-30-28-54-26-24-52-22-20-50-18-16-48-14-12-46-10-7-37(42)43/h3-34H2,1-2H3,(H,42,43). The van der Waals surface area contributed by atoms with Gasteiger partial charge < -0.3 is 66.7 Å². The number of Topliss-reactive ketones (excluding diaryl/α,β-unsaturated/α-hetero) is 1. The Morgan fingerprint density at radius 3 is 1.03 bits per heavy atom. The van der Waals surface area contributed by atoms with Crippen molar-refractivity contribution in [1.29, 1.82) is 5.26 Å². The molecule has 18 nitrogen and oxygen atoms in total. The molecule has 0 aromatic heterocycles. The molecule has 0 spiro atoms. The van der Waals surface area contributed by atoms with Gasteiger partial charge in [-0.05, 0) is 25.5 Å². The van der Waals surface area contributed by atoms with Crippen LogP contribution in [0.1, 0.15) is 46.0 Å². The molecule has 0 amide bonds. The highest BCUT2D eigenvalue weighted by atomic mass is 32.2. The maximum atomic E-state index is 12.2. The predicted molar refractivity (Wildman–Crippen MR) is 222 cm³/mol. The van der Waals surface area contributed by atoms with Crippen LogP contribution in [0.2, 0.25) is 0 Å². The monoisotopic (exact) mass is 889 g/mol. The summed E-state index contributed by atoms with van der Waals surface area (Å²) in [5.41, 5.74) is 0. The second-order valence-corrected chi connectivity index (χ2v) is 15.3. The predicted octanol–water partition coefficient (Wildman–Crippen LogP) is 3.69. The van der Waals surface area contributed by atoms with E-state index in [9.17, 15) is 19.6 Å². The highest BCUT2D eigenvalue weighted by Gasteiger charge is 2.29. The van der Waals surface area contributed by atoms with E-state index >= 15 is 0 Å². The van der Waals surface area contributed by atoms with Crippen LogP contribution < -0.4 is 0 Å². The van der Waals surface area contributed by atoms with Crippen molar-refractivity contribution in [2.45, 2.75) is 50.7 Å². The number of thioether (sulfide) groups is 2. The van der Waals surface area contributed by atoms with Crippen molar-refractivity contribution in [3.05, 3.63) is 0 Å². The first-order valence-corrected chi connectivity index (χ1v) is 22.1.